The Kier molecular flexibility index (Phi) is 9.40. The van der Waals surface area contributed by atoms with Crippen molar-refractivity contribution >= 4 is 32.8 Å². The molecule has 0 bridgehead atoms. The van der Waals surface area contributed by atoms with Crippen molar-refractivity contribution in [3.8, 4) is 11.1 Å². The van der Waals surface area contributed by atoms with E-state index in [-0.39, 0.29) is 23.5 Å². The number of rotatable bonds is 12. The van der Waals surface area contributed by atoms with Crippen LogP contribution in [0.25, 0.3) is 28.0 Å². The molecule has 0 spiro atoms. The number of sulfonamides is 1. The summed E-state index contributed by atoms with van der Waals surface area (Å²) in [5, 5.41) is 25.3. The van der Waals surface area contributed by atoms with Crippen molar-refractivity contribution in [2.24, 2.45) is 0 Å². The van der Waals surface area contributed by atoms with Gasteiger partial charge in [0.2, 0.25) is 10.0 Å². The van der Waals surface area contributed by atoms with Crippen molar-refractivity contribution in [1.82, 2.24) is 9.62 Å². The molecule has 4 aromatic rings. The van der Waals surface area contributed by atoms with E-state index in [1.165, 1.54) is 45.9 Å². The van der Waals surface area contributed by atoms with Gasteiger partial charge in [0.25, 0.3) is 0 Å². The molecule has 0 radical (unpaired) electrons. The number of likely N-dealkylation sites (N-methyl/N-ethyl adjacent to an activating group) is 1. The first-order valence-electron chi connectivity index (χ1n) is 13.4. The molecule has 1 atom stereocenters. The fourth-order valence-electron chi connectivity index (χ4n) is 4.76. The van der Waals surface area contributed by atoms with Gasteiger partial charge >= 0.3 is 5.97 Å². The number of aliphatic hydroxyl groups excluding tert-OH is 1. The molecular formula is C33H36N2O5S. The number of carboxylic acid groups (broad SMARTS) is 1. The maximum atomic E-state index is 13.2. The summed E-state index contributed by atoms with van der Waals surface area (Å²) in [6.45, 7) is 4.32. The van der Waals surface area contributed by atoms with Crippen molar-refractivity contribution in [2.45, 2.75) is 36.8 Å². The topological polar surface area (TPSA) is 107 Å². The smallest absolute Gasteiger partial charge is 0.328 e. The third-order valence-corrected chi connectivity index (χ3v) is 8.78. The number of nitrogens with zero attached hydrogens (tertiary/aromatic N) is 1. The van der Waals surface area contributed by atoms with Gasteiger partial charge in [-0.1, -0.05) is 72.8 Å². The van der Waals surface area contributed by atoms with Crippen molar-refractivity contribution in [3.63, 3.8) is 0 Å². The number of fused-ring (bicyclic) bond motifs is 1. The van der Waals surface area contributed by atoms with Crippen LogP contribution < -0.4 is 5.32 Å². The van der Waals surface area contributed by atoms with Gasteiger partial charge in [0.05, 0.1) is 11.0 Å². The molecule has 4 aromatic carbocycles. The molecule has 7 nitrogen and oxygen atoms in total. The fraction of sp³-hybridized carbons (Fsp3) is 0.242. The molecule has 8 heteroatoms. The second-order valence-electron chi connectivity index (χ2n) is 10.9. The zero-order valence-electron chi connectivity index (χ0n) is 23.5. The molecule has 0 unspecified atom stereocenters. The largest absolute Gasteiger partial charge is 0.478 e. The number of nitrogens with one attached hydrogen (secondary N) is 1. The Morgan fingerprint density at radius 3 is 2.34 bits per heavy atom. The lowest BCUT2D eigenvalue weighted by atomic mass is 9.93. The highest BCUT2D eigenvalue weighted by Gasteiger charge is 2.25. The van der Waals surface area contributed by atoms with Crippen LogP contribution in [-0.4, -0.2) is 60.7 Å². The van der Waals surface area contributed by atoms with Crippen LogP contribution in [-0.2, 0) is 21.2 Å². The highest BCUT2D eigenvalue weighted by molar-refractivity contribution is 7.89. The van der Waals surface area contributed by atoms with Crippen LogP contribution in [0.2, 0.25) is 0 Å². The molecular weight excluding hydrogens is 536 g/mol. The van der Waals surface area contributed by atoms with Crippen LogP contribution in [0.1, 0.15) is 25.0 Å². The van der Waals surface area contributed by atoms with E-state index in [1.54, 1.807) is 18.2 Å². The average Bonchev–Trinajstić information content (AvgIpc) is 2.95. The fourth-order valence-corrected chi connectivity index (χ4v) is 5.97. The van der Waals surface area contributed by atoms with E-state index in [1.807, 2.05) is 30.3 Å². The average molecular weight is 573 g/mol. The maximum Gasteiger partial charge on any atom is 0.328 e. The van der Waals surface area contributed by atoms with Gasteiger partial charge in [0.15, 0.2) is 0 Å². The van der Waals surface area contributed by atoms with E-state index < -0.39 is 22.1 Å². The normalized spacial score (nSPS) is 13.2. The Balaban J connectivity index is 1.34. The summed E-state index contributed by atoms with van der Waals surface area (Å²) in [7, 11) is -2.35. The number of benzene rings is 4. The predicted octanol–water partition coefficient (Wildman–Crippen LogP) is 5.20. The van der Waals surface area contributed by atoms with Crippen LogP contribution >= 0.6 is 0 Å². The Morgan fingerprint density at radius 1 is 0.927 bits per heavy atom. The Hall–Kier alpha value is -3.82. The summed E-state index contributed by atoms with van der Waals surface area (Å²) in [5.41, 5.74) is 3.24. The van der Waals surface area contributed by atoms with Crippen LogP contribution in [0, 0.1) is 0 Å². The summed E-state index contributed by atoms with van der Waals surface area (Å²) in [6, 6.07) is 28.4. The quantitative estimate of drug-likeness (QED) is 0.202. The molecule has 0 saturated heterocycles. The number of carbonyl (C=O) groups is 1. The third-order valence-electron chi connectivity index (χ3n) is 6.94. The Morgan fingerprint density at radius 2 is 1.63 bits per heavy atom. The van der Waals surface area contributed by atoms with Gasteiger partial charge in [0.1, 0.15) is 0 Å². The van der Waals surface area contributed by atoms with Crippen molar-refractivity contribution < 1.29 is 23.4 Å². The first-order valence-corrected chi connectivity index (χ1v) is 14.9. The third kappa shape index (κ3) is 8.11. The van der Waals surface area contributed by atoms with Crippen LogP contribution in [0.5, 0.6) is 0 Å². The highest BCUT2D eigenvalue weighted by atomic mass is 32.2. The first kappa shape index (κ1) is 30.1. The first-order chi connectivity index (χ1) is 19.4. The molecule has 0 aliphatic rings. The number of β-amino-alcohol motifs (C(OH)–C–C–N with tert-alkyl or cyclic N) is 1. The number of hydrogen-bond acceptors (Lipinski definition) is 5. The van der Waals surface area contributed by atoms with Crippen molar-refractivity contribution in [2.75, 3.05) is 20.1 Å². The van der Waals surface area contributed by atoms with Crippen LogP contribution in [0.15, 0.2) is 102 Å². The minimum Gasteiger partial charge on any atom is -0.478 e. The molecule has 0 saturated carbocycles. The summed E-state index contributed by atoms with van der Waals surface area (Å²) in [6.07, 6.45) is 2.43. The molecule has 0 amide bonds. The van der Waals surface area contributed by atoms with Crippen LogP contribution in [0.4, 0.5) is 0 Å². The predicted molar refractivity (Wildman–Crippen MR) is 164 cm³/mol. The maximum absolute atomic E-state index is 13.2. The lowest BCUT2D eigenvalue weighted by molar-refractivity contribution is -0.131. The zero-order valence-corrected chi connectivity index (χ0v) is 24.3. The van der Waals surface area contributed by atoms with E-state index in [2.05, 4.69) is 49.5 Å². The van der Waals surface area contributed by atoms with E-state index >= 15 is 0 Å². The van der Waals surface area contributed by atoms with Gasteiger partial charge in [-0.2, -0.15) is 4.31 Å². The molecule has 3 N–H and O–H groups in total. The Labute approximate surface area is 241 Å². The zero-order chi connectivity index (χ0) is 29.6. The minimum absolute atomic E-state index is 0.0545. The second kappa shape index (κ2) is 12.8. The SMILES string of the molecule is CN(C[C@H](O)CNC(C)(C)Cc1ccc2ccccc2c1)S(=O)(=O)c1ccc(-c2cccc(/C=C/C(=O)O)c2)cc1. The van der Waals surface area contributed by atoms with Crippen molar-refractivity contribution in [1.29, 1.82) is 0 Å². The molecule has 0 heterocycles. The summed E-state index contributed by atoms with van der Waals surface area (Å²) in [5.74, 6) is -1.03. The summed E-state index contributed by atoms with van der Waals surface area (Å²) < 4.78 is 27.6. The van der Waals surface area contributed by atoms with Crippen molar-refractivity contribution in [3.05, 3.63) is 108 Å². The molecule has 214 valence electrons. The van der Waals surface area contributed by atoms with E-state index in [0.29, 0.717) is 0 Å². The molecule has 0 aliphatic carbocycles. The standard InChI is InChI=1S/C33H36N2O5S/c1-33(2,21-25-11-13-26-8-4-5-9-28(26)20-25)34-22-30(36)23-35(3)41(39,40)31-16-14-27(15-17-31)29-10-6-7-24(19-29)12-18-32(37)38/h4-20,30,34,36H,21-23H2,1-3H3,(H,37,38)/b18-12+/t30-/m1/s1. The number of aliphatic hydroxyl groups is 1. The van der Waals surface area contributed by atoms with Gasteiger partial charge in [-0.15, -0.1) is 0 Å². The molecule has 4 rings (SSSR count). The molecule has 41 heavy (non-hydrogen) atoms. The number of carboxylic acids is 1. The number of aliphatic carboxylic acids is 1. The lowest BCUT2D eigenvalue weighted by Gasteiger charge is -2.29. The summed E-state index contributed by atoms with van der Waals surface area (Å²) >= 11 is 0. The van der Waals surface area contributed by atoms with E-state index in [9.17, 15) is 18.3 Å². The molecule has 0 fully saturated rings. The van der Waals surface area contributed by atoms with Gasteiger partial charge in [-0.25, -0.2) is 13.2 Å². The lowest BCUT2D eigenvalue weighted by Crippen LogP contribution is -2.47. The van der Waals surface area contributed by atoms with Crippen LogP contribution in [0.3, 0.4) is 0 Å². The minimum atomic E-state index is -3.81. The van der Waals surface area contributed by atoms with E-state index in [0.717, 1.165) is 29.2 Å². The molecule has 0 aliphatic heterocycles. The van der Waals surface area contributed by atoms with Gasteiger partial charge < -0.3 is 15.5 Å². The monoisotopic (exact) mass is 572 g/mol. The summed E-state index contributed by atoms with van der Waals surface area (Å²) in [4.78, 5) is 10.9. The van der Waals surface area contributed by atoms with Gasteiger partial charge in [0, 0.05) is 31.8 Å². The number of hydrogen-bond donors (Lipinski definition) is 3. The van der Waals surface area contributed by atoms with E-state index in [4.69, 9.17) is 5.11 Å². The molecule has 0 aromatic heterocycles. The highest BCUT2D eigenvalue weighted by Crippen LogP contribution is 2.24. The Bertz CT molecular complexity index is 1650. The second-order valence-corrected chi connectivity index (χ2v) is 12.9. The van der Waals surface area contributed by atoms with Gasteiger partial charge in [-0.05, 0) is 77.6 Å². The van der Waals surface area contributed by atoms with Gasteiger partial charge in [-0.3, -0.25) is 0 Å².